The third kappa shape index (κ3) is 3.49. The van der Waals surface area contributed by atoms with Crippen molar-refractivity contribution in [1.82, 2.24) is 5.32 Å². The van der Waals surface area contributed by atoms with E-state index in [0.29, 0.717) is 10.0 Å². The van der Waals surface area contributed by atoms with E-state index in [1.165, 1.54) is 4.88 Å². The molecule has 1 nitrogen and oxygen atoms in total. The molecule has 0 spiro atoms. The predicted molar refractivity (Wildman–Crippen MR) is 84.0 cm³/mol. The smallest absolute Gasteiger partial charge is 0.0595 e. The molecule has 1 aromatic carbocycles. The molecule has 0 fully saturated rings. The lowest BCUT2D eigenvalue weighted by atomic mass is 10.0. The fraction of sp³-hybridized carbons (Fsp3) is 0.231. The van der Waals surface area contributed by atoms with Crippen molar-refractivity contribution in [1.29, 1.82) is 0 Å². The molecule has 0 bridgehead atoms. The molecule has 96 valence electrons. The Kier molecular flexibility index (Phi) is 5.10. The molecule has 1 atom stereocenters. The fourth-order valence-corrected chi connectivity index (χ4v) is 3.58. The summed E-state index contributed by atoms with van der Waals surface area (Å²) in [5.41, 5.74) is 1.15. The van der Waals surface area contributed by atoms with E-state index in [4.69, 9.17) is 23.2 Å². The lowest BCUT2D eigenvalue weighted by Crippen LogP contribution is -2.18. The first-order chi connectivity index (χ1) is 8.60. The number of rotatable bonds is 4. The van der Waals surface area contributed by atoms with Crippen LogP contribution in [0.4, 0.5) is 0 Å². The van der Waals surface area contributed by atoms with Crippen LogP contribution < -0.4 is 5.32 Å². The minimum absolute atomic E-state index is 0.241. The lowest BCUT2D eigenvalue weighted by molar-refractivity contribution is 0.596. The van der Waals surface area contributed by atoms with Gasteiger partial charge in [-0.15, -0.1) is 11.3 Å². The maximum Gasteiger partial charge on any atom is 0.0595 e. The Balaban J connectivity index is 2.19. The second-order valence-electron chi connectivity index (χ2n) is 3.95. The molecule has 1 N–H and O–H groups in total. The fourth-order valence-electron chi connectivity index (χ4n) is 1.78. The Morgan fingerprint density at radius 2 is 2.06 bits per heavy atom. The van der Waals surface area contributed by atoms with Crippen molar-refractivity contribution in [2.24, 2.45) is 0 Å². The van der Waals surface area contributed by atoms with E-state index in [9.17, 15) is 0 Å². The van der Waals surface area contributed by atoms with E-state index in [1.54, 1.807) is 11.3 Å². The van der Waals surface area contributed by atoms with E-state index < -0.39 is 0 Å². The minimum Gasteiger partial charge on any atom is -0.313 e. The number of likely N-dealkylation sites (N-methyl/N-ethyl adjacent to an activating group) is 1. The molecule has 0 aliphatic carbocycles. The summed E-state index contributed by atoms with van der Waals surface area (Å²) in [6.45, 7) is 0. The summed E-state index contributed by atoms with van der Waals surface area (Å²) in [5.74, 6) is 0. The highest BCUT2D eigenvalue weighted by molar-refractivity contribution is 9.10. The van der Waals surface area contributed by atoms with Crippen LogP contribution in [-0.4, -0.2) is 7.05 Å². The Morgan fingerprint density at radius 1 is 1.28 bits per heavy atom. The largest absolute Gasteiger partial charge is 0.313 e. The van der Waals surface area contributed by atoms with Crippen LogP contribution in [0.25, 0.3) is 0 Å². The van der Waals surface area contributed by atoms with Crippen LogP contribution in [0, 0.1) is 0 Å². The summed E-state index contributed by atoms with van der Waals surface area (Å²) in [4.78, 5) is 1.33. The summed E-state index contributed by atoms with van der Waals surface area (Å²) in [5, 5.41) is 6.60. The van der Waals surface area contributed by atoms with E-state index in [-0.39, 0.29) is 6.04 Å². The molecule has 1 unspecified atom stereocenters. The number of hydrogen-bond acceptors (Lipinski definition) is 2. The molecule has 0 aliphatic heterocycles. The van der Waals surface area contributed by atoms with E-state index in [1.807, 2.05) is 25.2 Å². The number of nitrogens with one attached hydrogen (secondary N) is 1. The standard InChI is InChI=1S/C13H12BrCl2NS/c1-17-13(6-10-5-9(14)7-18-10)8-2-3-11(15)12(16)4-8/h2-5,7,13,17H,6H2,1H3. The third-order valence-corrected chi connectivity index (χ3v) is 5.18. The number of benzene rings is 1. The van der Waals surface area contributed by atoms with Gasteiger partial charge in [0.25, 0.3) is 0 Å². The van der Waals surface area contributed by atoms with Crippen molar-refractivity contribution < 1.29 is 0 Å². The highest BCUT2D eigenvalue weighted by Crippen LogP contribution is 2.29. The average molecular weight is 365 g/mol. The van der Waals surface area contributed by atoms with Gasteiger partial charge in [-0.2, -0.15) is 0 Å². The second kappa shape index (κ2) is 6.40. The van der Waals surface area contributed by atoms with Gasteiger partial charge in [-0.3, -0.25) is 0 Å². The van der Waals surface area contributed by atoms with Crippen molar-refractivity contribution >= 4 is 50.5 Å². The van der Waals surface area contributed by atoms with E-state index in [2.05, 4.69) is 32.7 Å². The van der Waals surface area contributed by atoms with Crippen LogP contribution in [0.5, 0.6) is 0 Å². The Labute approximate surface area is 129 Å². The highest BCUT2D eigenvalue weighted by Gasteiger charge is 2.12. The highest BCUT2D eigenvalue weighted by atomic mass is 79.9. The number of hydrogen-bond donors (Lipinski definition) is 1. The zero-order valence-corrected chi connectivity index (χ0v) is 13.6. The molecule has 1 heterocycles. The van der Waals surface area contributed by atoms with Gasteiger partial charge in [-0.25, -0.2) is 0 Å². The number of thiophene rings is 1. The Hall–Kier alpha value is -0.0600. The van der Waals surface area contributed by atoms with Gasteiger partial charge in [0.05, 0.1) is 10.0 Å². The van der Waals surface area contributed by atoms with Gasteiger partial charge >= 0.3 is 0 Å². The van der Waals surface area contributed by atoms with Crippen LogP contribution in [-0.2, 0) is 6.42 Å². The molecule has 5 heteroatoms. The molecule has 0 radical (unpaired) electrons. The lowest BCUT2D eigenvalue weighted by Gasteiger charge is -2.16. The van der Waals surface area contributed by atoms with Gasteiger partial charge in [-0.1, -0.05) is 29.3 Å². The van der Waals surface area contributed by atoms with Crippen LogP contribution in [0.1, 0.15) is 16.5 Å². The van der Waals surface area contributed by atoms with E-state index >= 15 is 0 Å². The zero-order valence-electron chi connectivity index (χ0n) is 9.71. The van der Waals surface area contributed by atoms with Crippen molar-refractivity contribution in [3.05, 3.63) is 54.6 Å². The molecule has 2 aromatic rings. The summed E-state index contributed by atoms with van der Waals surface area (Å²) >= 11 is 17.2. The summed E-state index contributed by atoms with van der Waals surface area (Å²) < 4.78 is 1.13. The Morgan fingerprint density at radius 3 is 2.61 bits per heavy atom. The quantitative estimate of drug-likeness (QED) is 0.773. The van der Waals surface area contributed by atoms with Crippen molar-refractivity contribution in [2.75, 3.05) is 7.05 Å². The van der Waals surface area contributed by atoms with Gasteiger partial charge in [-0.05, 0) is 46.7 Å². The van der Waals surface area contributed by atoms with Crippen LogP contribution >= 0.6 is 50.5 Å². The molecule has 1 aromatic heterocycles. The number of halogens is 3. The SMILES string of the molecule is CNC(Cc1cc(Br)cs1)c1ccc(Cl)c(Cl)c1. The van der Waals surface area contributed by atoms with Gasteiger partial charge in [0.1, 0.15) is 0 Å². The topological polar surface area (TPSA) is 12.0 Å². The van der Waals surface area contributed by atoms with Crippen molar-refractivity contribution in [3.8, 4) is 0 Å². The first kappa shape index (κ1) is 14.4. The summed E-state index contributed by atoms with van der Waals surface area (Å²) in [6.07, 6.45) is 0.935. The maximum atomic E-state index is 6.06. The van der Waals surface area contributed by atoms with Crippen molar-refractivity contribution in [3.63, 3.8) is 0 Å². The van der Waals surface area contributed by atoms with Crippen molar-refractivity contribution in [2.45, 2.75) is 12.5 Å². The molecule has 0 amide bonds. The van der Waals surface area contributed by atoms with E-state index in [0.717, 1.165) is 16.5 Å². The predicted octanol–water partition coefficient (Wildman–Crippen LogP) is 5.32. The van der Waals surface area contributed by atoms with Gasteiger partial charge < -0.3 is 5.32 Å². The molecular weight excluding hydrogens is 353 g/mol. The monoisotopic (exact) mass is 363 g/mol. The van der Waals surface area contributed by atoms with Crippen LogP contribution in [0.15, 0.2) is 34.1 Å². The van der Waals surface area contributed by atoms with Gasteiger partial charge in [0.2, 0.25) is 0 Å². The Bertz CT molecular complexity index is 542. The summed E-state index contributed by atoms with van der Waals surface area (Å²) in [6, 6.07) is 8.16. The molecule has 0 aliphatic rings. The first-order valence-corrected chi connectivity index (χ1v) is 7.88. The zero-order chi connectivity index (χ0) is 13.1. The maximum absolute atomic E-state index is 6.06. The average Bonchev–Trinajstić information content (AvgIpc) is 2.75. The third-order valence-electron chi connectivity index (χ3n) is 2.72. The molecule has 0 saturated carbocycles. The minimum atomic E-state index is 0.241. The first-order valence-electron chi connectivity index (χ1n) is 5.45. The summed E-state index contributed by atoms with van der Waals surface area (Å²) in [7, 11) is 1.95. The molecule has 18 heavy (non-hydrogen) atoms. The second-order valence-corrected chi connectivity index (χ2v) is 6.68. The molecule has 0 saturated heterocycles. The van der Waals surface area contributed by atoms with Crippen LogP contribution in [0.3, 0.4) is 0 Å². The molecule has 2 rings (SSSR count). The van der Waals surface area contributed by atoms with Gasteiger partial charge in [0.15, 0.2) is 0 Å². The van der Waals surface area contributed by atoms with Gasteiger partial charge in [0, 0.05) is 27.2 Å². The molecular formula is C13H12BrCl2NS. The normalized spacial score (nSPS) is 12.7. The van der Waals surface area contributed by atoms with Crippen LogP contribution in [0.2, 0.25) is 10.0 Å².